The van der Waals surface area contributed by atoms with Crippen molar-refractivity contribution in [2.45, 2.75) is 6.04 Å². The summed E-state index contributed by atoms with van der Waals surface area (Å²) in [5.41, 5.74) is 1.54. The van der Waals surface area contributed by atoms with Crippen LogP contribution >= 0.6 is 11.6 Å². The molecule has 3 rings (SSSR count). The lowest BCUT2D eigenvalue weighted by molar-refractivity contribution is 0.0941. The van der Waals surface area contributed by atoms with Crippen LogP contribution in [0.4, 0.5) is 0 Å². The van der Waals surface area contributed by atoms with Crippen molar-refractivity contribution >= 4 is 17.5 Å². The first-order valence-electron chi connectivity index (χ1n) is 7.24. The Hall–Kier alpha value is -2.59. The lowest BCUT2D eigenvalue weighted by atomic mass is 10.1. The van der Waals surface area contributed by atoms with Crippen LogP contribution in [0.25, 0.3) is 0 Å². The van der Waals surface area contributed by atoms with Crippen LogP contribution in [0.5, 0.6) is 0 Å². The molecule has 0 saturated heterocycles. The largest absolute Gasteiger partial charge is 0.338 e. The van der Waals surface area contributed by atoms with Gasteiger partial charge in [-0.05, 0) is 29.8 Å². The zero-order chi connectivity index (χ0) is 16.2. The second-order valence-electron chi connectivity index (χ2n) is 5.22. The van der Waals surface area contributed by atoms with Crippen molar-refractivity contribution in [2.75, 3.05) is 0 Å². The van der Waals surface area contributed by atoms with Gasteiger partial charge in [0, 0.05) is 30.0 Å². The molecule has 0 saturated carbocycles. The second kappa shape index (κ2) is 6.67. The number of hydrogen-bond acceptors (Lipinski definition) is 2. The number of nitrogens with one attached hydrogen (secondary N) is 1. The Kier molecular flexibility index (Phi) is 4.44. The Morgan fingerprint density at radius 2 is 1.83 bits per heavy atom. The average molecular weight is 326 g/mol. The molecule has 3 aromatic rings. The molecule has 0 bridgehead atoms. The van der Waals surface area contributed by atoms with Gasteiger partial charge in [0.25, 0.3) is 5.91 Å². The van der Waals surface area contributed by atoms with Crippen LogP contribution < -0.4 is 5.32 Å². The van der Waals surface area contributed by atoms with E-state index in [1.807, 2.05) is 60.3 Å². The first kappa shape index (κ1) is 15.3. The Bertz CT molecular complexity index is 797. The molecule has 1 aromatic heterocycles. The van der Waals surface area contributed by atoms with E-state index < -0.39 is 0 Å². The van der Waals surface area contributed by atoms with Crippen LogP contribution in [-0.2, 0) is 7.05 Å². The molecule has 0 aliphatic heterocycles. The number of imidazole rings is 1. The maximum Gasteiger partial charge on any atom is 0.252 e. The third-order valence-electron chi connectivity index (χ3n) is 3.63. The standard InChI is InChI=1S/C18H16ClN3O/c1-22-12-11-20-17(22)16(13-7-9-15(19)10-8-13)21-18(23)14-5-3-2-4-6-14/h2-12,16H,1H3,(H,21,23). The number of carbonyl (C=O) groups is 1. The van der Waals surface area contributed by atoms with Gasteiger partial charge in [0.2, 0.25) is 0 Å². The minimum absolute atomic E-state index is 0.145. The van der Waals surface area contributed by atoms with E-state index in [-0.39, 0.29) is 11.9 Å². The molecule has 23 heavy (non-hydrogen) atoms. The minimum Gasteiger partial charge on any atom is -0.338 e. The van der Waals surface area contributed by atoms with E-state index in [0.717, 1.165) is 11.4 Å². The molecule has 4 nitrogen and oxygen atoms in total. The molecule has 0 fully saturated rings. The minimum atomic E-state index is -0.347. The summed E-state index contributed by atoms with van der Waals surface area (Å²) < 4.78 is 1.89. The summed E-state index contributed by atoms with van der Waals surface area (Å²) in [5.74, 6) is 0.616. The maximum absolute atomic E-state index is 12.5. The van der Waals surface area contributed by atoms with E-state index in [1.54, 1.807) is 18.3 Å². The predicted molar refractivity (Wildman–Crippen MR) is 90.4 cm³/mol. The molecule has 0 radical (unpaired) electrons. The van der Waals surface area contributed by atoms with Gasteiger partial charge in [-0.1, -0.05) is 41.9 Å². The van der Waals surface area contributed by atoms with Gasteiger partial charge in [-0.25, -0.2) is 4.98 Å². The lowest BCUT2D eigenvalue weighted by Gasteiger charge is -2.19. The van der Waals surface area contributed by atoms with E-state index in [9.17, 15) is 4.79 Å². The molecule has 0 aliphatic carbocycles. The van der Waals surface area contributed by atoms with Crippen molar-refractivity contribution in [3.8, 4) is 0 Å². The van der Waals surface area contributed by atoms with Gasteiger partial charge in [0.05, 0.1) is 0 Å². The number of benzene rings is 2. The smallest absolute Gasteiger partial charge is 0.252 e. The molecule has 0 aliphatic rings. The number of hydrogen-bond donors (Lipinski definition) is 1. The Balaban J connectivity index is 1.94. The van der Waals surface area contributed by atoms with Crippen LogP contribution in [-0.4, -0.2) is 15.5 Å². The predicted octanol–water partition coefficient (Wildman–Crippen LogP) is 3.59. The van der Waals surface area contributed by atoms with Gasteiger partial charge in [-0.3, -0.25) is 4.79 Å². The van der Waals surface area contributed by atoms with Gasteiger partial charge in [-0.2, -0.15) is 0 Å². The first-order valence-corrected chi connectivity index (χ1v) is 7.61. The summed E-state index contributed by atoms with van der Waals surface area (Å²) in [4.78, 5) is 16.9. The van der Waals surface area contributed by atoms with E-state index in [1.165, 1.54) is 0 Å². The molecule has 1 unspecified atom stereocenters. The molecule has 1 heterocycles. The third-order valence-corrected chi connectivity index (χ3v) is 3.88. The van der Waals surface area contributed by atoms with E-state index in [0.29, 0.717) is 10.6 Å². The molecule has 1 atom stereocenters. The van der Waals surface area contributed by atoms with Crippen molar-refractivity contribution < 1.29 is 4.79 Å². The van der Waals surface area contributed by atoms with Crippen LogP contribution in [0.1, 0.15) is 27.8 Å². The SMILES string of the molecule is Cn1ccnc1C(NC(=O)c1ccccc1)c1ccc(Cl)cc1. The molecule has 116 valence electrons. The highest BCUT2D eigenvalue weighted by Crippen LogP contribution is 2.22. The summed E-state index contributed by atoms with van der Waals surface area (Å²) in [7, 11) is 1.90. The van der Waals surface area contributed by atoms with Crippen LogP contribution in [0.3, 0.4) is 0 Å². The summed E-state index contributed by atoms with van der Waals surface area (Å²) in [6.45, 7) is 0. The van der Waals surface area contributed by atoms with Crippen LogP contribution in [0, 0.1) is 0 Å². The van der Waals surface area contributed by atoms with Crippen molar-refractivity contribution in [3.63, 3.8) is 0 Å². The van der Waals surface area contributed by atoms with Crippen molar-refractivity contribution in [2.24, 2.45) is 7.05 Å². The fourth-order valence-electron chi connectivity index (χ4n) is 2.41. The highest BCUT2D eigenvalue weighted by Gasteiger charge is 2.21. The molecule has 5 heteroatoms. The maximum atomic E-state index is 12.5. The van der Waals surface area contributed by atoms with Gasteiger partial charge in [0.15, 0.2) is 0 Å². The number of rotatable bonds is 4. The Morgan fingerprint density at radius 3 is 2.43 bits per heavy atom. The number of halogens is 1. The van der Waals surface area contributed by atoms with Gasteiger partial charge < -0.3 is 9.88 Å². The number of carbonyl (C=O) groups excluding carboxylic acids is 1. The molecular weight excluding hydrogens is 310 g/mol. The van der Waals surface area contributed by atoms with Gasteiger partial charge in [0.1, 0.15) is 11.9 Å². The summed E-state index contributed by atoms with van der Waals surface area (Å²) in [6.07, 6.45) is 3.57. The third kappa shape index (κ3) is 3.43. The van der Waals surface area contributed by atoms with Crippen molar-refractivity contribution in [3.05, 3.63) is 89.0 Å². The summed E-state index contributed by atoms with van der Waals surface area (Å²) in [5, 5.41) is 3.70. The fourth-order valence-corrected chi connectivity index (χ4v) is 2.54. The molecule has 0 spiro atoms. The Morgan fingerprint density at radius 1 is 1.13 bits per heavy atom. The molecule has 2 aromatic carbocycles. The first-order chi connectivity index (χ1) is 11.1. The zero-order valence-corrected chi connectivity index (χ0v) is 13.4. The van der Waals surface area contributed by atoms with Crippen molar-refractivity contribution in [1.82, 2.24) is 14.9 Å². The van der Waals surface area contributed by atoms with Crippen LogP contribution in [0.15, 0.2) is 67.0 Å². The topological polar surface area (TPSA) is 46.9 Å². The van der Waals surface area contributed by atoms with Gasteiger partial charge >= 0.3 is 0 Å². The molecular formula is C18H16ClN3O. The quantitative estimate of drug-likeness (QED) is 0.796. The number of aromatic nitrogens is 2. The highest BCUT2D eigenvalue weighted by molar-refractivity contribution is 6.30. The molecule has 1 amide bonds. The van der Waals surface area contributed by atoms with E-state index >= 15 is 0 Å². The summed E-state index contributed by atoms with van der Waals surface area (Å²) >= 11 is 5.97. The van der Waals surface area contributed by atoms with Gasteiger partial charge in [-0.15, -0.1) is 0 Å². The normalized spacial score (nSPS) is 11.9. The average Bonchev–Trinajstić information content (AvgIpc) is 3.00. The van der Waals surface area contributed by atoms with Crippen LogP contribution in [0.2, 0.25) is 5.02 Å². The number of amides is 1. The summed E-state index contributed by atoms with van der Waals surface area (Å²) in [6, 6.07) is 16.2. The fraction of sp³-hybridized carbons (Fsp3) is 0.111. The van der Waals surface area contributed by atoms with E-state index in [2.05, 4.69) is 10.3 Å². The number of aryl methyl sites for hydroxylation is 1. The molecule has 1 N–H and O–H groups in total. The number of nitrogens with zero attached hydrogens (tertiary/aromatic N) is 2. The van der Waals surface area contributed by atoms with E-state index in [4.69, 9.17) is 11.6 Å². The second-order valence-corrected chi connectivity index (χ2v) is 5.66. The monoisotopic (exact) mass is 325 g/mol. The highest BCUT2D eigenvalue weighted by atomic mass is 35.5. The lowest BCUT2D eigenvalue weighted by Crippen LogP contribution is -2.31. The Labute approximate surface area is 139 Å². The zero-order valence-electron chi connectivity index (χ0n) is 12.6. The van der Waals surface area contributed by atoms with Crippen molar-refractivity contribution in [1.29, 1.82) is 0 Å².